The van der Waals surface area contributed by atoms with Gasteiger partial charge in [0, 0.05) is 45.9 Å². The normalized spacial score (nSPS) is 12.1. The van der Waals surface area contributed by atoms with Gasteiger partial charge < -0.3 is 0 Å². The van der Waals surface area contributed by atoms with Crippen LogP contribution in [0.15, 0.2) is 182 Å². The summed E-state index contributed by atoms with van der Waals surface area (Å²) in [6, 6.07) is 67.8. The van der Waals surface area contributed by atoms with Crippen molar-refractivity contribution in [1.82, 2.24) is 0 Å². The number of benzene rings is 10. The molecular weight excluding hydrogens is 689 g/mol. The largest absolute Gasteiger partial charge is 0.134 e. The third kappa shape index (κ3) is 4.30. The van der Waals surface area contributed by atoms with E-state index in [2.05, 4.69) is 182 Å². The van der Waals surface area contributed by atoms with Gasteiger partial charge in [-0.05, 0) is 95.2 Å². The van der Waals surface area contributed by atoms with Crippen molar-refractivity contribution in [3.63, 3.8) is 0 Å². The molecule has 0 fully saturated rings. The highest BCUT2D eigenvalue weighted by atomic mass is 32.1. The highest BCUT2D eigenvalue weighted by Crippen LogP contribution is 2.51. The average molecular weight is 719 g/mol. The van der Waals surface area contributed by atoms with Crippen molar-refractivity contribution in [2.24, 2.45) is 0 Å². The predicted molar refractivity (Wildman–Crippen MR) is 239 cm³/mol. The Kier molecular flexibility index (Phi) is 6.48. The van der Waals surface area contributed by atoms with Gasteiger partial charge in [-0.2, -0.15) is 0 Å². The standard InChI is InChI=1S/C52H30S2/c1-3-18-35-31(13-1)15-12-25-38(35)49-41-23-7-5-21-39(41)47(40-22-6-8-24-42(40)49)33-16-11-17-34(29-33)48-51-43(37-20-9-10-26-45(37)53-51)30-44-50-36-19-4-2-14-32(36)27-28-46(50)54-52(44)48/h1-30H. The predicted octanol–water partition coefficient (Wildman–Crippen LogP) is 16.0. The zero-order valence-electron chi connectivity index (χ0n) is 29.1. The topological polar surface area (TPSA) is 0 Å². The van der Waals surface area contributed by atoms with Gasteiger partial charge in [-0.25, -0.2) is 0 Å². The molecule has 0 spiro atoms. The van der Waals surface area contributed by atoms with Crippen LogP contribution in [-0.2, 0) is 0 Å². The number of hydrogen-bond donors (Lipinski definition) is 0. The Bertz CT molecular complexity index is 3440. The molecule has 54 heavy (non-hydrogen) atoms. The van der Waals surface area contributed by atoms with Gasteiger partial charge in [-0.1, -0.05) is 158 Å². The van der Waals surface area contributed by atoms with E-state index >= 15 is 0 Å². The average Bonchev–Trinajstić information content (AvgIpc) is 3.80. The maximum Gasteiger partial charge on any atom is 0.0448 e. The maximum atomic E-state index is 2.48. The molecule has 0 aliphatic heterocycles. The molecular formula is C52H30S2. The Balaban J connectivity index is 1.18. The van der Waals surface area contributed by atoms with E-state index in [-0.39, 0.29) is 0 Å². The SMILES string of the molecule is c1cc(-c2c3ccccc3c(-c3cccc4ccccc34)c3ccccc23)cc(-c2c3sc4ccccc4c3cc3c2sc2ccc4ccccc4c23)c1. The minimum Gasteiger partial charge on any atom is -0.134 e. The van der Waals surface area contributed by atoms with Crippen LogP contribution >= 0.6 is 22.7 Å². The molecule has 0 atom stereocenters. The van der Waals surface area contributed by atoms with Crippen molar-refractivity contribution in [2.75, 3.05) is 0 Å². The van der Waals surface area contributed by atoms with Crippen molar-refractivity contribution >= 4 is 106 Å². The Labute approximate surface area is 319 Å². The molecule has 0 aliphatic rings. The minimum absolute atomic E-state index is 1.24. The first kappa shape index (κ1) is 30.2. The van der Waals surface area contributed by atoms with Gasteiger partial charge in [0.15, 0.2) is 0 Å². The fourth-order valence-electron chi connectivity index (χ4n) is 9.12. The van der Waals surface area contributed by atoms with Gasteiger partial charge in [-0.3, -0.25) is 0 Å². The molecule has 0 bridgehead atoms. The summed E-state index contributed by atoms with van der Waals surface area (Å²) in [6.45, 7) is 0. The van der Waals surface area contributed by atoms with Crippen LogP contribution in [0.5, 0.6) is 0 Å². The molecule has 2 heteroatoms. The third-order valence-electron chi connectivity index (χ3n) is 11.4. The molecule has 2 aromatic heterocycles. The van der Waals surface area contributed by atoms with Crippen LogP contribution in [-0.4, -0.2) is 0 Å². The van der Waals surface area contributed by atoms with Gasteiger partial charge in [0.05, 0.1) is 0 Å². The third-order valence-corrected chi connectivity index (χ3v) is 13.8. The van der Waals surface area contributed by atoms with E-state index in [0.29, 0.717) is 0 Å². The zero-order valence-corrected chi connectivity index (χ0v) is 30.8. The first-order chi connectivity index (χ1) is 26.8. The minimum atomic E-state index is 1.24. The molecule has 10 aromatic carbocycles. The van der Waals surface area contributed by atoms with Crippen LogP contribution in [0.3, 0.4) is 0 Å². The van der Waals surface area contributed by atoms with Crippen LogP contribution in [0.2, 0.25) is 0 Å². The summed E-state index contributed by atoms with van der Waals surface area (Å²) in [5, 5.41) is 15.6. The van der Waals surface area contributed by atoms with E-state index in [4.69, 9.17) is 0 Å². The molecule has 0 radical (unpaired) electrons. The Morgan fingerprint density at radius 2 is 0.796 bits per heavy atom. The van der Waals surface area contributed by atoms with Crippen molar-refractivity contribution in [2.45, 2.75) is 0 Å². The lowest BCUT2D eigenvalue weighted by molar-refractivity contribution is 1.66. The summed E-state index contributed by atoms with van der Waals surface area (Å²) < 4.78 is 5.39. The van der Waals surface area contributed by atoms with E-state index in [0.717, 1.165) is 0 Å². The van der Waals surface area contributed by atoms with Crippen LogP contribution < -0.4 is 0 Å². The number of rotatable bonds is 3. The highest BCUT2D eigenvalue weighted by molar-refractivity contribution is 7.29. The van der Waals surface area contributed by atoms with Crippen LogP contribution in [0.1, 0.15) is 0 Å². The lowest BCUT2D eigenvalue weighted by Gasteiger charge is -2.19. The lowest BCUT2D eigenvalue weighted by Crippen LogP contribution is -1.92. The molecule has 0 N–H and O–H groups in total. The van der Waals surface area contributed by atoms with Crippen molar-refractivity contribution in [3.05, 3.63) is 182 Å². The molecule has 12 aromatic rings. The molecule has 250 valence electrons. The van der Waals surface area contributed by atoms with Crippen LogP contribution in [0.25, 0.3) is 117 Å². The first-order valence-electron chi connectivity index (χ1n) is 18.5. The summed E-state index contributed by atoms with van der Waals surface area (Å²) in [4.78, 5) is 0. The second-order valence-corrected chi connectivity index (χ2v) is 16.4. The van der Waals surface area contributed by atoms with Gasteiger partial charge in [0.1, 0.15) is 0 Å². The van der Waals surface area contributed by atoms with E-state index in [1.165, 1.54) is 117 Å². The molecule has 0 unspecified atom stereocenters. The maximum absolute atomic E-state index is 2.48. The molecule has 0 saturated carbocycles. The smallest absolute Gasteiger partial charge is 0.0448 e. The van der Waals surface area contributed by atoms with E-state index in [1.807, 2.05) is 22.7 Å². The molecule has 2 heterocycles. The summed E-state index contributed by atoms with van der Waals surface area (Å²) in [6.07, 6.45) is 0. The fraction of sp³-hybridized carbons (Fsp3) is 0. The lowest BCUT2D eigenvalue weighted by atomic mass is 9.84. The van der Waals surface area contributed by atoms with Crippen LogP contribution in [0, 0.1) is 0 Å². The summed E-state index contributed by atoms with van der Waals surface area (Å²) >= 11 is 3.86. The summed E-state index contributed by atoms with van der Waals surface area (Å²) in [5.74, 6) is 0. The Hall–Kier alpha value is -6.32. The molecule has 0 saturated heterocycles. The summed E-state index contributed by atoms with van der Waals surface area (Å²) in [7, 11) is 0. The number of thiophene rings is 2. The van der Waals surface area contributed by atoms with Crippen molar-refractivity contribution in [1.29, 1.82) is 0 Å². The molecule has 0 nitrogen and oxygen atoms in total. The summed E-state index contributed by atoms with van der Waals surface area (Å²) in [5.41, 5.74) is 7.70. The zero-order chi connectivity index (χ0) is 35.3. The van der Waals surface area contributed by atoms with E-state index in [9.17, 15) is 0 Å². The van der Waals surface area contributed by atoms with Gasteiger partial charge in [0.2, 0.25) is 0 Å². The molecule has 12 rings (SSSR count). The van der Waals surface area contributed by atoms with Gasteiger partial charge in [0.25, 0.3) is 0 Å². The fourth-order valence-corrected chi connectivity index (χ4v) is 11.7. The van der Waals surface area contributed by atoms with Crippen molar-refractivity contribution in [3.8, 4) is 33.4 Å². The second-order valence-electron chi connectivity index (χ2n) is 14.3. The van der Waals surface area contributed by atoms with Crippen LogP contribution in [0.4, 0.5) is 0 Å². The Morgan fingerprint density at radius 3 is 1.54 bits per heavy atom. The van der Waals surface area contributed by atoms with Gasteiger partial charge in [-0.15, -0.1) is 22.7 Å². The Morgan fingerprint density at radius 1 is 0.278 bits per heavy atom. The number of fused-ring (bicyclic) bond motifs is 11. The quantitative estimate of drug-likeness (QED) is 0.160. The first-order valence-corrected chi connectivity index (χ1v) is 20.1. The molecule has 0 amide bonds. The van der Waals surface area contributed by atoms with E-state index in [1.54, 1.807) is 0 Å². The monoisotopic (exact) mass is 718 g/mol. The van der Waals surface area contributed by atoms with E-state index < -0.39 is 0 Å². The highest BCUT2D eigenvalue weighted by Gasteiger charge is 2.22. The second kappa shape index (κ2) is 11.6. The number of hydrogen-bond acceptors (Lipinski definition) is 2. The molecule has 0 aliphatic carbocycles. The van der Waals surface area contributed by atoms with Gasteiger partial charge >= 0.3 is 0 Å². The van der Waals surface area contributed by atoms with Crippen molar-refractivity contribution < 1.29 is 0 Å².